The van der Waals surface area contributed by atoms with Crippen molar-refractivity contribution in [1.82, 2.24) is 15.5 Å². The van der Waals surface area contributed by atoms with Crippen molar-refractivity contribution in [3.05, 3.63) is 0 Å². The molecular formula is C21H42N4O. The number of nitrogens with zero attached hydrogens (tertiary/aromatic N) is 2. The van der Waals surface area contributed by atoms with Crippen LogP contribution in [0.5, 0.6) is 0 Å². The van der Waals surface area contributed by atoms with Gasteiger partial charge in [0.25, 0.3) is 0 Å². The number of hydrogen-bond donors (Lipinski definition) is 2. The third kappa shape index (κ3) is 7.07. The molecule has 0 spiro atoms. The standard InChI is InChI=1S/C21H42N4O/c1-4-22-20(23-14-8-19-9-15-25(5-2)16-10-19)24-18-21(13-17-26-3)11-6-7-12-21/h19H,4-18H2,1-3H3,(H2,22,23,24). The molecule has 5 heteroatoms. The highest BCUT2D eigenvalue weighted by Crippen LogP contribution is 2.41. The van der Waals surface area contributed by atoms with E-state index in [1.807, 2.05) is 7.11 Å². The van der Waals surface area contributed by atoms with Crippen LogP contribution in [0.25, 0.3) is 0 Å². The van der Waals surface area contributed by atoms with Gasteiger partial charge in [0.15, 0.2) is 5.96 Å². The first-order chi connectivity index (χ1) is 12.7. The van der Waals surface area contributed by atoms with E-state index < -0.39 is 0 Å². The minimum Gasteiger partial charge on any atom is -0.385 e. The summed E-state index contributed by atoms with van der Waals surface area (Å²) in [6.45, 7) is 11.9. The zero-order chi connectivity index (χ0) is 18.7. The van der Waals surface area contributed by atoms with Crippen molar-refractivity contribution in [2.75, 3.05) is 53.0 Å². The molecule has 2 N–H and O–H groups in total. The van der Waals surface area contributed by atoms with E-state index in [1.54, 1.807) is 0 Å². The van der Waals surface area contributed by atoms with Gasteiger partial charge >= 0.3 is 0 Å². The predicted molar refractivity (Wildman–Crippen MR) is 111 cm³/mol. The molecule has 0 atom stereocenters. The van der Waals surface area contributed by atoms with Gasteiger partial charge in [0, 0.05) is 33.4 Å². The van der Waals surface area contributed by atoms with Crippen molar-refractivity contribution in [3.63, 3.8) is 0 Å². The molecule has 1 heterocycles. The molecule has 0 unspecified atom stereocenters. The van der Waals surface area contributed by atoms with Crippen LogP contribution in [0, 0.1) is 11.3 Å². The van der Waals surface area contributed by atoms with Crippen LogP contribution in [0.15, 0.2) is 4.99 Å². The number of nitrogens with one attached hydrogen (secondary N) is 2. The smallest absolute Gasteiger partial charge is 0.191 e. The summed E-state index contributed by atoms with van der Waals surface area (Å²) in [6.07, 6.45) is 10.4. The van der Waals surface area contributed by atoms with E-state index in [2.05, 4.69) is 29.4 Å². The van der Waals surface area contributed by atoms with E-state index in [9.17, 15) is 0 Å². The van der Waals surface area contributed by atoms with E-state index in [1.165, 1.54) is 64.6 Å². The summed E-state index contributed by atoms with van der Waals surface area (Å²) in [5.74, 6) is 1.87. The number of ether oxygens (including phenoxy) is 1. The molecule has 0 aromatic heterocycles. The minimum absolute atomic E-state index is 0.366. The summed E-state index contributed by atoms with van der Waals surface area (Å²) in [6, 6.07) is 0. The topological polar surface area (TPSA) is 48.9 Å². The molecule has 0 radical (unpaired) electrons. The number of rotatable bonds is 10. The van der Waals surface area contributed by atoms with E-state index in [0.717, 1.165) is 44.5 Å². The van der Waals surface area contributed by atoms with Crippen LogP contribution in [-0.4, -0.2) is 63.8 Å². The number of aliphatic imine (C=N–C) groups is 1. The average molecular weight is 367 g/mol. The van der Waals surface area contributed by atoms with Gasteiger partial charge in [-0.05, 0) is 76.4 Å². The van der Waals surface area contributed by atoms with Gasteiger partial charge in [-0.1, -0.05) is 19.8 Å². The minimum atomic E-state index is 0.366. The van der Waals surface area contributed by atoms with Crippen LogP contribution in [0.3, 0.4) is 0 Å². The molecule has 2 fully saturated rings. The fourth-order valence-electron chi connectivity index (χ4n) is 4.51. The van der Waals surface area contributed by atoms with Gasteiger partial charge in [-0.3, -0.25) is 4.99 Å². The Labute approximate surface area is 161 Å². The third-order valence-corrected chi connectivity index (χ3v) is 6.42. The van der Waals surface area contributed by atoms with Crippen LogP contribution in [0.1, 0.15) is 65.2 Å². The third-order valence-electron chi connectivity index (χ3n) is 6.42. The van der Waals surface area contributed by atoms with Crippen LogP contribution in [0.4, 0.5) is 0 Å². The first-order valence-corrected chi connectivity index (χ1v) is 10.9. The molecule has 0 aromatic rings. The quantitative estimate of drug-likeness (QED) is 0.460. The maximum absolute atomic E-state index is 5.35. The second-order valence-electron chi connectivity index (χ2n) is 8.24. The summed E-state index contributed by atoms with van der Waals surface area (Å²) in [5, 5.41) is 7.02. The fraction of sp³-hybridized carbons (Fsp3) is 0.952. The molecule has 2 rings (SSSR count). The zero-order valence-corrected chi connectivity index (χ0v) is 17.5. The van der Waals surface area contributed by atoms with Gasteiger partial charge in [0.1, 0.15) is 0 Å². The lowest BCUT2D eigenvalue weighted by Gasteiger charge is -2.31. The lowest BCUT2D eigenvalue weighted by atomic mass is 9.83. The summed E-state index contributed by atoms with van der Waals surface area (Å²) in [4.78, 5) is 7.53. The lowest BCUT2D eigenvalue weighted by Crippen LogP contribution is -2.40. The normalized spacial score (nSPS) is 21.9. The molecule has 1 saturated carbocycles. The zero-order valence-electron chi connectivity index (χ0n) is 17.5. The van der Waals surface area contributed by atoms with Crippen molar-refractivity contribution < 1.29 is 4.74 Å². The Morgan fingerprint density at radius 2 is 1.88 bits per heavy atom. The first-order valence-electron chi connectivity index (χ1n) is 10.9. The van der Waals surface area contributed by atoms with Gasteiger partial charge in [0.2, 0.25) is 0 Å². The molecule has 152 valence electrons. The van der Waals surface area contributed by atoms with Crippen molar-refractivity contribution in [2.45, 2.75) is 65.2 Å². The van der Waals surface area contributed by atoms with E-state index >= 15 is 0 Å². The van der Waals surface area contributed by atoms with E-state index in [-0.39, 0.29) is 0 Å². The molecule has 5 nitrogen and oxygen atoms in total. The van der Waals surface area contributed by atoms with Crippen LogP contribution >= 0.6 is 0 Å². The van der Waals surface area contributed by atoms with Crippen molar-refractivity contribution in [1.29, 1.82) is 0 Å². The molecule has 0 bridgehead atoms. The molecule has 1 saturated heterocycles. The molecule has 1 aliphatic heterocycles. The highest BCUT2D eigenvalue weighted by Gasteiger charge is 2.33. The van der Waals surface area contributed by atoms with Gasteiger partial charge in [-0.2, -0.15) is 0 Å². The Morgan fingerprint density at radius 3 is 2.50 bits per heavy atom. The van der Waals surface area contributed by atoms with Crippen LogP contribution in [-0.2, 0) is 4.74 Å². The first kappa shape index (κ1) is 21.5. The number of piperidine rings is 1. The Kier molecular flexibility index (Phi) is 9.76. The number of methoxy groups -OCH3 is 1. The summed E-state index contributed by atoms with van der Waals surface area (Å²) in [7, 11) is 1.81. The average Bonchev–Trinajstić information content (AvgIpc) is 3.14. The highest BCUT2D eigenvalue weighted by molar-refractivity contribution is 5.79. The van der Waals surface area contributed by atoms with Gasteiger partial charge in [-0.25, -0.2) is 0 Å². The van der Waals surface area contributed by atoms with Crippen molar-refractivity contribution in [3.8, 4) is 0 Å². The summed E-state index contributed by atoms with van der Waals surface area (Å²) in [5.41, 5.74) is 0.366. The molecule has 26 heavy (non-hydrogen) atoms. The van der Waals surface area contributed by atoms with Crippen LogP contribution < -0.4 is 10.6 Å². The van der Waals surface area contributed by atoms with Crippen molar-refractivity contribution in [2.24, 2.45) is 16.3 Å². The second kappa shape index (κ2) is 11.8. The predicted octanol–water partition coefficient (Wildman–Crippen LogP) is 3.26. The molecule has 0 amide bonds. The molecule has 0 aromatic carbocycles. The van der Waals surface area contributed by atoms with Crippen LogP contribution in [0.2, 0.25) is 0 Å². The second-order valence-corrected chi connectivity index (χ2v) is 8.24. The summed E-state index contributed by atoms with van der Waals surface area (Å²) < 4.78 is 5.35. The summed E-state index contributed by atoms with van der Waals surface area (Å²) >= 11 is 0. The van der Waals surface area contributed by atoms with Crippen molar-refractivity contribution >= 4 is 5.96 Å². The fourth-order valence-corrected chi connectivity index (χ4v) is 4.51. The Morgan fingerprint density at radius 1 is 1.15 bits per heavy atom. The Bertz CT molecular complexity index is 399. The lowest BCUT2D eigenvalue weighted by molar-refractivity contribution is 0.141. The van der Waals surface area contributed by atoms with E-state index in [0.29, 0.717) is 5.41 Å². The largest absolute Gasteiger partial charge is 0.385 e. The Balaban J connectivity index is 1.76. The van der Waals surface area contributed by atoms with Gasteiger partial charge in [0.05, 0.1) is 0 Å². The number of hydrogen-bond acceptors (Lipinski definition) is 3. The monoisotopic (exact) mass is 366 g/mol. The molecular weight excluding hydrogens is 324 g/mol. The highest BCUT2D eigenvalue weighted by atomic mass is 16.5. The number of guanidine groups is 1. The number of likely N-dealkylation sites (tertiary alicyclic amines) is 1. The maximum Gasteiger partial charge on any atom is 0.191 e. The van der Waals surface area contributed by atoms with E-state index in [4.69, 9.17) is 9.73 Å². The maximum atomic E-state index is 5.35. The SMILES string of the molecule is CCNC(=NCC1(CCOC)CCCC1)NCCC1CCN(CC)CC1. The van der Waals surface area contributed by atoms with Gasteiger partial charge in [-0.15, -0.1) is 0 Å². The Hall–Kier alpha value is -0.810. The molecule has 2 aliphatic rings. The molecule has 1 aliphatic carbocycles. The van der Waals surface area contributed by atoms with Gasteiger partial charge < -0.3 is 20.3 Å².